The molecular formula is C11H16N2O3S2. The SMILES string of the molecule is CC(C)c1ncc(C(=O)NCCSCC(=O)O)s1. The Bertz CT molecular complexity index is 418. The Labute approximate surface area is 114 Å². The van der Waals surface area contributed by atoms with Crippen LogP contribution in [0.2, 0.25) is 0 Å². The number of carboxylic acid groups (broad SMARTS) is 1. The molecule has 0 atom stereocenters. The standard InChI is InChI=1S/C11H16N2O3S2/c1-7(2)11-13-5-8(18-11)10(16)12-3-4-17-6-9(14)15/h5,7H,3-4,6H2,1-2H3,(H,12,16)(H,14,15). The number of thioether (sulfide) groups is 1. The molecule has 0 aliphatic heterocycles. The van der Waals surface area contributed by atoms with Gasteiger partial charge in [-0.25, -0.2) is 4.98 Å². The molecule has 0 saturated carbocycles. The molecule has 1 rings (SSSR count). The maximum absolute atomic E-state index is 11.7. The van der Waals surface area contributed by atoms with Gasteiger partial charge in [-0.3, -0.25) is 9.59 Å². The molecule has 1 aromatic rings. The summed E-state index contributed by atoms with van der Waals surface area (Å²) in [4.78, 5) is 26.8. The van der Waals surface area contributed by atoms with E-state index in [2.05, 4.69) is 10.3 Å². The van der Waals surface area contributed by atoms with Crippen LogP contribution in [-0.4, -0.2) is 40.0 Å². The smallest absolute Gasteiger partial charge is 0.313 e. The quantitative estimate of drug-likeness (QED) is 0.748. The van der Waals surface area contributed by atoms with E-state index in [1.807, 2.05) is 13.8 Å². The summed E-state index contributed by atoms with van der Waals surface area (Å²) >= 11 is 2.68. The van der Waals surface area contributed by atoms with Crippen LogP contribution in [0.4, 0.5) is 0 Å². The van der Waals surface area contributed by atoms with Gasteiger partial charge in [-0.2, -0.15) is 0 Å². The van der Waals surface area contributed by atoms with Crippen LogP contribution in [0.5, 0.6) is 0 Å². The Morgan fingerprint density at radius 3 is 2.83 bits per heavy atom. The van der Waals surface area contributed by atoms with E-state index in [0.717, 1.165) is 5.01 Å². The van der Waals surface area contributed by atoms with E-state index in [-0.39, 0.29) is 11.7 Å². The lowest BCUT2D eigenvalue weighted by Gasteiger charge is -2.02. The molecule has 1 aromatic heterocycles. The number of hydrogen-bond acceptors (Lipinski definition) is 5. The highest BCUT2D eigenvalue weighted by atomic mass is 32.2. The third-order valence-corrected chi connectivity index (χ3v) is 4.24. The number of aliphatic carboxylic acids is 1. The summed E-state index contributed by atoms with van der Waals surface area (Å²) in [5.74, 6) is -0.00436. The highest BCUT2D eigenvalue weighted by Crippen LogP contribution is 2.20. The van der Waals surface area contributed by atoms with E-state index < -0.39 is 5.97 Å². The number of aromatic nitrogens is 1. The molecule has 0 fully saturated rings. The Balaban J connectivity index is 2.29. The van der Waals surface area contributed by atoms with Crippen LogP contribution in [0.1, 0.15) is 34.4 Å². The van der Waals surface area contributed by atoms with Crippen LogP contribution in [0, 0.1) is 0 Å². The Hall–Kier alpha value is -1.08. The van der Waals surface area contributed by atoms with Crippen LogP contribution >= 0.6 is 23.1 Å². The van der Waals surface area contributed by atoms with Crippen molar-refractivity contribution in [1.29, 1.82) is 0 Å². The van der Waals surface area contributed by atoms with Crippen LogP contribution in [-0.2, 0) is 4.79 Å². The molecule has 0 saturated heterocycles. The number of thiazole rings is 1. The molecule has 2 N–H and O–H groups in total. The monoisotopic (exact) mass is 288 g/mol. The van der Waals surface area contributed by atoms with Crippen molar-refractivity contribution < 1.29 is 14.7 Å². The highest BCUT2D eigenvalue weighted by Gasteiger charge is 2.11. The summed E-state index contributed by atoms with van der Waals surface area (Å²) in [5, 5.41) is 12.1. The molecule has 1 heterocycles. The largest absolute Gasteiger partial charge is 0.481 e. The summed E-state index contributed by atoms with van der Waals surface area (Å²) < 4.78 is 0. The van der Waals surface area contributed by atoms with E-state index in [0.29, 0.717) is 23.1 Å². The molecule has 0 unspecified atom stereocenters. The van der Waals surface area contributed by atoms with Gasteiger partial charge in [0.25, 0.3) is 5.91 Å². The molecule has 0 spiro atoms. The molecule has 0 radical (unpaired) electrons. The van der Waals surface area contributed by atoms with Gasteiger partial charge in [0.15, 0.2) is 0 Å². The van der Waals surface area contributed by atoms with Crippen molar-refractivity contribution in [3.8, 4) is 0 Å². The first-order valence-electron chi connectivity index (χ1n) is 5.54. The zero-order chi connectivity index (χ0) is 13.5. The topological polar surface area (TPSA) is 79.3 Å². The van der Waals surface area contributed by atoms with Crippen molar-refractivity contribution in [3.63, 3.8) is 0 Å². The van der Waals surface area contributed by atoms with Crippen molar-refractivity contribution in [2.45, 2.75) is 19.8 Å². The fraction of sp³-hybridized carbons (Fsp3) is 0.545. The van der Waals surface area contributed by atoms with Gasteiger partial charge in [0, 0.05) is 18.2 Å². The number of hydrogen-bond donors (Lipinski definition) is 2. The lowest BCUT2D eigenvalue weighted by molar-refractivity contribution is -0.133. The summed E-state index contributed by atoms with van der Waals surface area (Å²) in [6.07, 6.45) is 1.58. The molecule has 0 aromatic carbocycles. The van der Waals surface area contributed by atoms with E-state index in [1.54, 1.807) is 6.20 Å². The van der Waals surface area contributed by atoms with Crippen molar-refractivity contribution in [2.75, 3.05) is 18.1 Å². The van der Waals surface area contributed by atoms with Gasteiger partial charge in [-0.15, -0.1) is 23.1 Å². The highest BCUT2D eigenvalue weighted by molar-refractivity contribution is 7.99. The summed E-state index contributed by atoms with van der Waals surface area (Å²) in [7, 11) is 0. The molecule has 18 heavy (non-hydrogen) atoms. The lowest BCUT2D eigenvalue weighted by Crippen LogP contribution is -2.25. The Kier molecular flexibility index (Phi) is 6.14. The third kappa shape index (κ3) is 5.05. The zero-order valence-electron chi connectivity index (χ0n) is 10.3. The fourth-order valence-electron chi connectivity index (χ4n) is 1.14. The third-order valence-electron chi connectivity index (χ3n) is 2.00. The molecule has 0 bridgehead atoms. The predicted molar refractivity (Wildman–Crippen MR) is 73.5 cm³/mol. The molecule has 100 valence electrons. The summed E-state index contributed by atoms with van der Waals surface area (Å²) in [5.41, 5.74) is 0. The van der Waals surface area contributed by atoms with Gasteiger partial charge in [-0.05, 0) is 0 Å². The number of nitrogens with one attached hydrogen (secondary N) is 1. The average Bonchev–Trinajstić information content (AvgIpc) is 2.77. The maximum atomic E-state index is 11.7. The number of nitrogens with zero attached hydrogens (tertiary/aromatic N) is 1. The van der Waals surface area contributed by atoms with E-state index in [4.69, 9.17) is 5.11 Å². The molecule has 1 amide bonds. The van der Waals surface area contributed by atoms with Crippen LogP contribution in [0.25, 0.3) is 0 Å². The maximum Gasteiger partial charge on any atom is 0.313 e. The number of amides is 1. The number of rotatable bonds is 7. The minimum Gasteiger partial charge on any atom is -0.481 e. The number of carbonyl (C=O) groups is 2. The van der Waals surface area contributed by atoms with Gasteiger partial charge in [0.2, 0.25) is 0 Å². The first-order chi connectivity index (χ1) is 8.50. The van der Waals surface area contributed by atoms with Crippen molar-refractivity contribution in [2.24, 2.45) is 0 Å². The van der Waals surface area contributed by atoms with Gasteiger partial charge >= 0.3 is 5.97 Å². The first-order valence-corrected chi connectivity index (χ1v) is 7.51. The minimum absolute atomic E-state index is 0.0634. The molecule has 7 heteroatoms. The van der Waals surface area contributed by atoms with Gasteiger partial charge in [0.1, 0.15) is 4.88 Å². The Morgan fingerprint density at radius 1 is 1.56 bits per heavy atom. The average molecular weight is 288 g/mol. The molecule has 0 aliphatic rings. The van der Waals surface area contributed by atoms with Crippen molar-refractivity contribution >= 4 is 35.0 Å². The Morgan fingerprint density at radius 2 is 2.28 bits per heavy atom. The summed E-state index contributed by atoms with van der Waals surface area (Å²) in [6.45, 7) is 4.53. The first kappa shape index (κ1) is 15.0. The van der Waals surface area contributed by atoms with Crippen LogP contribution in [0.3, 0.4) is 0 Å². The van der Waals surface area contributed by atoms with Crippen LogP contribution < -0.4 is 5.32 Å². The second-order valence-electron chi connectivity index (χ2n) is 3.92. The second-order valence-corrected chi connectivity index (χ2v) is 6.09. The van der Waals surface area contributed by atoms with E-state index >= 15 is 0 Å². The summed E-state index contributed by atoms with van der Waals surface area (Å²) in [6, 6.07) is 0. The minimum atomic E-state index is -0.838. The molecule has 0 aliphatic carbocycles. The predicted octanol–water partition coefficient (Wildman–Crippen LogP) is 1.81. The number of carboxylic acids is 1. The molecular weight excluding hydrogens is 272 g/mol. The van der Waals surface area contributed by atoms with Crippen molar-refractivity contribution in [3.05, 3.63) is 16.1 Å². The zero-order valence-corrected chi connectivity index (χ0v) is 11.9. The van der Waals surface area contributed by atoms with Gasteiger partial charge in [0.05, 0.1) is 17.0 Å². The van der Waals surface area contributed by atoms with Gasteiger partial charge in [-0.1, -0.05) is 13.8 Å². The molecule has 5 nitrogen and oxygen atoms in total. The number of carbonyl (C=O) groups excluding carboxylic acids is 1. The normalized spacial score (nSPS) is 10.6. The van der Waals surface area contributed by atoms with Gasteiger partial charge < -0.3 is 10.4 Å². The van der Waals surface area contributed by atoms with Crippen molar-refractivity contribution in [1.82, 2.24) is 10.3 Å². The fourth-order valence-corrected chi connectivity index (χ4v) is 2.54. The lowest BCUT2D eigenvalue weighted by atomic mass is 10.2. The van der Waals surface area contributed by atoms with E-state index in [9.17, 15) is 9.59 Å². The van der Waals surface area contributed by atoms with Crippen LogP contribution in [0.15, 0.2) is 6.20 Å². The van der Waals surface area contributed by atoms with E-state index in [1.165, 1.54) is 23.1 Å². The second kappa shape index (κ2) is 7.38.